The van der Waals surface area contributed by atoms with Gasteiger partial charge < -0.3 is 4.74 Å². The van der Waals surface area contributed by atoms with Crippen LogP contribution in [0.3, 0.4) is 0 Å². The Kier molecular flexibility index (Phi) is 7.27. The minimum Gasteiger partial charge on any atom is -0.458 e. The van der Waals surface area contributed by atoms with Crippen molar-refractivity contribution in [2.24, 2.45) is 0 Å². The molecule has 0 saturated carbocycles. The molecule has 0 saturated heterocycles. The second kappa shape index (κ2) is 11.5. The summed E-state index contributed by atoms with van der Waals surface area (Å²) in [5, 5.41) is 2.33. The Morgan fingerprint density at radius 1 is 0.681 bits per heavy atom. The Balaban J connectivity index is 1.22. The summed E-state index contributed by atoms with van der Waals surface area (Å²) < 4.78 is 14.9. The highest BCUT2D eigenvalue weighted by molar-refractivity contribution is 9.11. The van der Waals surface area contributed by atoms with Gasteiger partial charge in [0.1, 0.15) is 17.3 Å². The number of hydrogen-bond donors (Lipinski definition) is 0. The van der Waals surface area contributed by atoms with E-state index in [1.807, 2.05) is 54.7 Å². The number of aromatic nitrogens is 4. The number of halogens is 2. The normalized spacial score (nSPS) is 11.9. The van der Waals surface area contributed by atoms with Crippen molar-refractivity contribution in [3.8, 4) is 28.7 Å². The lowest BCUT2D eigenvalue weighted by Gasteiger charge is -2.20. The molecule has 7 heteroatoms. The van der Waals surface area contributed by atoms with Crippen molar-refractivity contribution >= 4 is 64.7 Å². The maximum atomic E-state index is 6.57. The third kappa shape index (κ3) is 5.24. The second-order valence-electron chi connectivity index (χ2n) is 12.6. The Morgan fingerprint density at radius 3 is 2.19 bits per heavy atom. The number of imidazole rings is 1. The van der Waals surface area contributed by atoms with Crippen molar-refractivity contribution in [2.45, 2.75) is 26.2 Å². The summed E-state index contributed by atoms with van der Waals surface area (Å²) in [4.78, 5) is 4.82. The number of para-hydroxylation sites is 4. The lowest BCUT2D eigenvalue weighted by Crippen LogP contribution is -2.29. The fourth-order valence-electron chi connectivity index (χ4n) is 6.21. The first kappa shape index (κ1) is 29.7. The third-order valence-corrected chi connectivity index (χ3v) is 9.80. The minimum absolute atomic E-state index is 0.00552. The SMILES string of the molecule is CC(C)(C)c1ccnc(-n2c3ccccc3c3ccc(Oc4cccc(-[n+]5[c-]n(-c6c(Br)cccc6Br)c6ccccc65)c4)cc32)c1. The van der Waals surface area contributed by atoms with Gasteiger partial charge in [0.05, 0.1) is 33.4 Å². The number of nitrogens with zero attached hydrogens (tertiary/aromatic N) is 4. The summed E-state index contributed by atoms with van der Waals surface area (Å²) in [7, 11) is 0. The molecule has 3 heterocycles. The summed E-state index contributed by atoms with van der Waals surface area (Å²) in [6.07, 6.45) is 5.49. The molecule has 0 spiro atoms. The maximum absolute atomic E-state index is 6.57. The van der Waals surface area contributed by atoms with Crippen LogP contribution in [0, 0.1) is 6.33 Å². The number of ether oxygens (including phenoxy) is 1. The van der Waals surface area contributed by atoms with Crippen LogP contribution in [0.5, 0.6) is 11.5 Å². The van der Waals surface area contributed by atoms with Gasteiger partial charge in [-0.1, -0.05) is 119 Å². The topological polar surface area (TPSA) is 35.9 Å². The molecule has 0 atom stereocenters. The van der Waals surface area contributed by atoms with Crippen molar-refractivity contribution in [3.63, 3.8) is 0 Å². The second-order valence-corrected chi connectivity index (χ2v) is 14.3. The van der Waals surface area contributed by atoms with Gasteiger partial charge >= 0.3 is 0 Å². The first-order valence-corrected chi connectivity index (χ1v) is 17.0. The predicted molar refractivity (Wildman–Crippen MR) is 196 cm³/mol. The number of fused-ring (bicyclic) bond motifs is 4. The van der Waals surface area contributed by atoms with E-state index in [4.69, 9.17) is 9.72 Å². The van der Waals surface area contributed by atoms with E-state index in [-0.39, 0.29) is 5.41 Å². The fourth-order valence-corrected chi connectivity index (χ4v) is 7.56. The van der Waals surface area contributed by atoms with Crippen LogP contribution in [0.4, 0.5) is 0 Å². The smallest absolute Gasteiger partial charge is 0.269 e. The van der Waals surface area contributed by atoms with E-state index in [0.29, 0.717) is 0 Å². The van der Waals surface area contributed by atoms with Gasteiger partial charge in [0.25, 0.3) is 6.33 Å². The molecule has 5 nitrogen and oxygen atoms in total. The first-order valence-electron chi connectivity index (χ1n) is 15.4. The van der Waals surface area contributed by atoms with Crippen LogP contribution < -0.4 is 9.30 Å². The van der Waals surface area contributed by atoms with E-state index >= 15 is 0 Å². The molecule has 0 aliphatic heterocycles. The molecular formula is C40H30Br2N4O. The van der Waals surface area contributed by atoms with Gasteiger partial charge in [0.15, 0.2) is 0 Å². The largest absolute Gasteiger partial charge is 0.458 e. The quantitative estimate of drug-likeness (QED) is 0.130. The van der Waals surface area contributed by atoms with Crippen LogP contribution in [0.1, 0.15) is 26.3 Å². The van der Waals surface area contributed by atoms with Gasteiger partial charge in [-0.25, -0.2) is 4.98 Å². The van der Waals surface area contributed by atoms with Gasteiger partial charge in [-0.05, 0) is 59.5 Å². The number of hydrogen-bond acceptors (Lipinski definition) is 2. The Labute approximate surface area is 290 Å². The van der Waals surface area contributed by atoms with Gasteiger partial charge in [-0.3, -0.25) is 13.7 Å². The molecule has 0 aliphatic carbocycles. The molecule has 0 radical (unpaired) electrons. The van der Waals surface area contributed by atoms with E-state index in [1.165, 1.54) is 10.9 Å². The van der Waals surface area contributed by atoms with E-state index in [9.17, 15) is 0 Å². The monoisotopic (exact) mass is 740 g/mol. The summed E-state index contributed by atoms with van der Waals surface area (Å²) in [5.41, 5.74) is 7.40. The molecule has 0 amide bonds. The van der Waals surface area contributed by atoms with E-state index in [2.05, 4.69) is 145 Å². The lowest BCUT2D eigenvalue weighted by molar-refractivity contribution is -0.572. The molecule has 230 valence electrons. The molecule has 0 unspecified atom stereocenters. The van der Waals surface area contributed by atoms with Crippen LogP contribution in [-0.2, 0) is 5.41 Å². The first-order chi connectivity index (χ1) is 22.8. The van der Waals surface area contributed by atoms with Crippen molar-refractivity contribution in [3.05, 3.63) is 148 Å². The standard InChI is InChI=1S/C40H30Br2N4O/c1-40(2,3)26-20-21-43-38(22-26)46-34-15-5-4-12-30(34)31-19-18-29(24-37(31)46)47-28-11-8-10-27(23-28)44-25-45(36-17-7-6-16-35(36)44)39-32(41)13-9-14-33(39)42/h4-24H,1-3H3. The molecule has 5 aromatic carbocycles. The van der Waals surface area contributed by atoms with Crippen LogP contribution >= 0.6 is 31.9 Å². The fraction of sp³-hybridized carbons (Fsp3) is 0.100. The Hall–Kier alpha value is -4.72. The molecule has 47 heavy (non-hydrogen) atoms. The number of benzene rings is 5. The summed E-state index contributed by atoms with van der Waals surface area (Å²) in [6, 6.07) is 41.6. The number of rotatable bonds is 5. The van der Waals surface area contributed by atoms with Crippen LogP contribution in [0.25, 0.3) is 50.0 Å². The zero-order valence-electron chi connectivity index (χ0n) is 26.1. The highest BCUT2D eigenvalue weighted by Crippen LogP contribution is 2.36. The van der Waals surface area contributed by atoms with E-state index in [1.54, 1.807) is 0 Å². The van der Waals surface area contributed by atoms with E-state index in [0.717, 1.165) is 65.1 Å². The van der Waals surface area contributed by atoms with Crippen molar-refractivity contribution in [2.75, 3.05) is 0 Å². The van der Waals surface area contributed by atoms with Crippen molar-refractivity contribution < 1.29 is 9.30 Å². The van der Waals surface area contributed by atoms with E-state index < -0.39 is 0 Å². The van der Waals surface area contributed by atoms with Gasteiger partial charge in [-0.15, -0.1) is 0 Å². The maximum Gasteiger partial charge on any atom is 0.269 e. The predicted octanol–water partition coefficient (Wildman–Crippen LogP) is 10.8. The molecule has 0 aliphatic rings. The van der Waals surface area contributed by atoms with Gasteiger partial charge in [-0.2, -0.15) is 0 Å². The average molecular weight is 743 g/mol. The average Bonchev–Trinajstić information content (AvgIpc) is 3.61. The number of pyridine rings is 1. The van der Waals surface area contributed by atoms with Crippen LogP contribution in [-0.4, -0.2) is 14.1 Å². The molecular weight excluding hydrogens is 712 g/mol. The summed E-state index contributed by atoms with van der Waals surface area (Å²) in [5.74, 6) is 2.37. The molecule has 3 aromatic heterocycles. The molecule has 8 aromatic rings. The highest BCUT2D eigenvalue weighted by atomic mass is 79.9. The zero-order chi connectivity index (χ0) is 32.3. The molecule has 0 bridgehead atoms. The van der Waals surface area contributed by atoms with Gasteiger partial charge in [0.2, 0.25) is 0 Å². The zero-order valence-corrected chi connectivity index (χ0v) is 29.2. The van der Waals surface area contributed by atoms with Gasteiger partial charge in [0, 0.05) is 32.0 Å². The Morgan fingerprint density at radius 2 is 1.38 bits per heavy atom. The van der Waals surface area contributed by atoms with Crippen LogP contribution in [0.15, 0.2) is 136 Å². The Bertz CT molecular complexity index is 2450. The molecule has 8 rings (SSSR count). The van der Waals surface area contributed by atoms with Crippen LogP contribution in [0.2, 0.25) is 0 Å². The summed E-state index contributed by atoms with van der Waals surface area (Å²) in [6.45, 7) is 6.68. The highest BCUT2D eigenvalue weighted by Gasteiger charge is 2.19. The summed E-state index contributed by atoms with van der Waals surface area (Å²) >= 11 is 7.48. The van der Waals surface area contributed by atoms with Crippen molar-refractivity contribution in [1.82, 2.24) is 14.1 Å². The third-order valence-electron chi connectivity index (χ3n) is 8.52. The van der Waals surface area contributed by atoms with Crippen molar-refractivity contribution in [1.29, 1.82) is 0 Å². The molecule has 0 N–H and O–H groups in total. The molecule has 0 fully saturated rings. The minimum atomic E-state index is 0.00552. The lowest BCUT2D eigenvalue weighted by atomic mass is 9.88.